The number of non-ortho nitro benzene ring substituents is 1. The van der Waals surface area contributed by atoms with Crippen molar-refractivity contribution in [3.8, 4) is 0 Å². The number of carbonyl (C=O) groups is 1. The molecular weight excluding hydrogens is 322 g/mol. The fourth-order valence-electron chi connectivity index (χ4n) is 2.16. The van der Waals surface area contributed by atoms with Crippen molar-refractivity contribution in [3.05, 3.63) is 67.1 Å². The van der Waals surface area contributed by atoms with Gasteiger partial charge in [0.15, 0.2) is 0 Å². The molecule has 1 aromatic carbocycles. The number of aromatic carboxylic acids is 1. The Bertz CT molecular complexity index is 974. The van der Waals surface area contributed by atoms with E-state index >= 15 is 0 Å². The molecule has 8 nitrogen and oxygen atoms in total. The van der Waals surface area contributed by atoms with Crippen LogP contribution in [0.15, 0.2) is 34.4 Å². The largest absolute Gasteiger partial charge is 0.478 e. The topological polar surface area (TPSA) is 126 Å². The van der Waals surface area contributed by atoms with E-state index in [1.54, 1.807) is 12.1 Å². The van der Waals surface area contributed by atoms with Crippen molar-refractivity contribution in [3.63, 3.8) is 0 Å². The van der Waals surface area contributed by atoms with E-state index in [0.29, 0.717) is 10.7 Å². The maximum absolute atomic E-state index is 12.1. The molecular formula is C14H9N3O5S. The summed E-state index contributed by atoms with van der Waals surface area (Å²) in [6.07, 6.45) is 0.281. The van der Waals surface area contributed by atoms with Gasteiger partial charge in [-0.1, -0.05) is 12.1 Å². The van der Waals surface area contributed by atoms with E-state index in [1.807, 2.05) is 0 Å². The first-order valence-electron chi connectivity index (χ1n) is 6.42. The number of thiophene rings is 1. The highest BCUT2D eigenvalue weighted by atomic mass is 32.1. The van der Waals surface area contributed by atoms with Crippen LogP contribution >= 0.6 is 11.3 Å². The minimum Gasteiger partial charge on any atom is -0.478 e. The molecule has 0 atom stereocenters. The molecule has 0 spiro atoms. The molecule has 0 fully saturated rings. The summed E-state index contributed by atoms with van der Waals surface area (Å²) in [6.45, 7) is 0. The zero-order valence-electron chi connectivity index (χ0n) is 11.5. The number of carboxylic acid groups (broad SMARTS) is 1. The van der Waals surface area contributed by atoms with Gasteiger partial charge in [-0.25, -0.2) is 9.78 Å². The zero-order valence-corrected chi connectivity index (χ0v) is 12.3. The molecule has 0 saturated heterocycles. The van der Waals surface area contributed by atoms with E-state index in [1.165, 1.54) is 17.5 Å². The Morgan fingerprint density at radius 1 is 1.35 bits per heavy atom. The quantitative estimate of drug-likeness (QED) is 0.557. The second-order valence-corrected chi connectivity index (χ2v) is 5.61. The third-order valence-electron chi connectivity index (χ3n) is 3.24. The number of nitrogens with one attached hydrogen (secondary N) is 1. The highest BCUT2D eigenvalue weighted by molar-refractivity contribution is 7.17. The summed E-state index contributed by atoms with van der Waals surface area (Å²) in [4.78, 5) is 40.4. The molecule has 0 aliphatic carbocycles. The highest BCUT2D eigenvalue weighted by Gasteiger charge is 2.16. The van der Waals surface area contributed by atoms with Crippen molar-refractivity contribution in [2.75, 3.05) is 0 Å². The molecule has 2 N–H and O–H groups in total. The van der Waals surface area contributed by atoms with Crippen LogP contribution in [-0.2, 0) is 6.42 Å². The van der Waals surface area contributed by atoms with E-state index < -0.39 is 16.5 Å². The molecule has 3 rings (SSSR count). The van der Waals surface area contributed by atoms with Gasteiger partial charge in [0.25, 0.3) is 11.2 Å². The summed E-state index contributed by atoms with van der Waals surface area (Å²) in [7, 11) is 0. The molecule has 2 heterocycles. The number of hydrogen-bond donors (Lipinski definition) is 2. The summed E-state index contributed by atoms with van der Waals surface area (Å²) >= 11 is 1.09. The third kappa shape index (κ3) is 2.81. The average Bonchev–Trinajstić information content (AvgIpc) is 2.92. The number of hydrogen-bond acceptors (Lipinski definition) is 6. The Morgan fingerprint density at radius 3 is 2.65 bits per heavy atom. The van der Waals surface area contributed by atoms with Gasteiger partial charge in [0.1, 0.15) is 10.7 Å². The van der Waals surface area contributed by atoms with Crippen LogP contribution in [0.2, 0.25) is 0 Å². The Kier molecular flexibility index (Phi) is 3.62. The number of aromatic nitrogens is 2. The van der Waals surface area contributed by atoms with Gasteiger partial charge in [-0.3, -0.25) is 14.9 Å². The summed E-state index contributed by atoms with van der Waals surface area (Å²) in [5, 5.41) is 21.1. The van der Waals surface area contributed by atoms with Crippen molar-refractivity contribution in [1.82, 2.24) is 9.97 Å². The average molecular weight is 331 g/mol. The Morgan fingerprint density at radius 2 is 2.04 bits per heavy atom. The second-order valence-electron chi connectivity index (χ2n) is 4.75. The predicted molar refractivity (Wildman–Crippen MR) is 83.1 cm³/mol. The molecule has 9 heteroatoms. The maximum atomic E-state index is 12.1. The summed E-state index contributed by atoms with van der Waals surface area (Å²) < 4.78 is 0. The van der Waals surface area contributed by atoms with Crippen LogP contribution in [0, 0.1) is 10.1 Å². The summed E-state index contributed by atoms with van der Waals surface area (Å²) in [5.74, 6) is -0.804. The van der Waals surface area contributed by atoms with Crippen molar-refractivity contribution < 1.29 is 14.8 Å². The molecule has 3 aromatic rings. The van der Waals surface area contributed by atoms with Gasteiger partial charge in [0.2, 0.25) is 0 Å². The fraction of sp³-hybridized carbons (Fsp3) is 0.0714. The van der Waals surface area contributed by atoms with Crippen molar-refractivity contribution in [1.29, 1.82) is 0 Å². The van der Waals surface area contributed by atoms with E-state index in [4.69, 9.17) is 5.11 Å². The number of H-pyrrole nitrogens is 1. The second kappa shape index (κ2) is 5.61. The molecule has 23 heavy (non-hydrogen) atoms. The number of nitrogens with zero attached hydrogens (tertiary/aromatic N) is 2. The van der Waals surface area contributed by atoms with Gasteiger partial charge in [-0.2, -0.15) is 0 Å². The van der Waals surface area contributed by atoms with Crippen LogP contribution in [0.1, 0.15) is 21.7 Å². The van der Waals surface area contributed by atoms with Gasteiger partial charge >= 0.3 is 5.97 Å². The maximum Gasteiger partial charge on any atom is 0.337 e. The summed E-state index contributed by atoms with van der Waals surface area (Å²) in [6, 6.07) is 5.91. The number of fused-ring (bicyclic) bond motifs is 1. The normalized spacial score (nSPS) is 10.8. The summed E-state index contributed by atoms with van der Waals surface area (Å²) in [5.41, 5.74) is 0.148. The van der Waals surface area contributed by atoms with Gasteiger partial charge in [0.05, 0.1) is 15.9 Å². The SMILES string of the molecule is O=C(O)c1csc2nc(Cc3ccc([N+](=O)[O-])cc3)[nH]c(=O)c12. The predicted octanol–water partition coefficient (Wildman–Crippen LogP) is 2.18. The monoisotopic (exact) mass is 331 g/mol. The number of nitro benzene ring substituents is 1. The highest BCUT2D eigenvalue weighted by Crippen LogP contribution is 2.21. The van der Waals surface area contributed by atoms with Crippen LogP contribution in [0.4, 0.5) is 5.69 Å². The molecule has 0 aliphatic rings. The lowest BCUT2D eigenvalue weighted by Crippen LogP contribution is -2.13. The molecule has 0 amide bonds. The van der Waals surface area contributed by atoms with Crippen LogP contribution in [0.5, 0.6) is 0 Å². The number of benzene rings is 1. The lowest BCUT2D eigenvalue weighted by atomic mass is 10.1. The standard InChI is InChI=1S/C14H9N3O5S/c18-12-11-9(14(19)20)6-23-13(11)16-10(15-12)5-7-1-3-8(4-2-7)17(21)22/h1-4,6H,5H2,(H,19,20)(H,15,16,18). The number of carboxylic acids is 1. The first-order chi connectivity index (χ1) is 11.0. The number of nitro groups is 1. The van der Waals surface area contributed by atoms with Gasteiger partial charge in [0, 0.05) is 23.9 Å². The minimum absolute atomic E-state index is 0.0185. The van der Waals surface area contributed by atoms with Gasteiger partial charge in [-0.15, -0.1) is 11.3 Å². The number of rotatable bonds is 4. The molecule has 0 unspecified atom stereocenters. The first kappa shape index (κ1) is 14.9. The Balaban J connectivity index is 1.96. The van der Waals surface area contributed by atoms with E-state index in [0.717, 1.165) is 16.9 Å². The third-order valence-corrected chi connectivity index (χ3v) is 4.11. The smallest absolute Gasteiger partial charge is 0.337 e. The lowest BCUT2D eigenvalue weighted by Gasteiger charge is -2.02. The number of aromatic amines is 1. The van der Waals surface area contributed by atoms with Crippen molar-refractivity contribution in [2.45, 2.75) is 6.42 Å². The molecule has 2 aromatic heterocycles. The van der Waals surface area contributed by atoms with E-state index in [2.05, 4.69) is 9.97 Å². The van der Waals surface area contributed by atoms with Gasteiger partial charge in [-0.05, 0) is 5.56 Å². The Labute approximate surface area is 132 Å². The first-order valence-corrected chi connectivity index (χ1v) is 7.30. The fourth-order valence-corrected chi connectivity index (χ4v) is 3.10. The molecule has 116 valence electrons. The lowest BCUT2D eigenvalue weighted by molar-refractivity contribution is -0.384. The van der Waals surface area contributed by atoms with E-state index in [9.17, 15) is 19.7 Å². The van der Waals surface area contributed by atoms with Crippen molar-refractivity contribution >= 4 is 33.2 Å². The van der Waals surface area contributed by atoms with Crippen LogP contribution in [0.3, 0.4) is 0 Å². The molecule has 0 aliphatic heterocycles. The molecule has 0 saturated carbocycles. The van der Waals surface area contributed by atoms with Crippen LogP contribution < -0.4 is 5.56 Å². The molecule has 0 bridgehead atoms. The van der Waals surface area contributed by atoms with Crippen molar-refractivity contribution in [2.24, 2.45) is 0 Å². The van der Waals surface area contributed by atoms with Crippen LogP contribution in [-0.4, -0.2) is 26.0 Å². The Hall–Kier alpha value is -3.07. The zero-order chi connectivity index (χ0) is 16.6. The van der Waals surface area contributed by atoms with Crippen LogP contribution in [0.25, 0.3) is 10.2 Å². The minimum atomic E-state index is -1.17. The molecule has 0 radical (unpaired) electrons. The van der Waals surface area contributed by atoms with Gasteiger partial charge < -0.3 is 10.1 Å². The van der Waals surface area contributed by atoms with E-state index in [-0.39, 0.29) is 23.1 Å².